The lowest BCUT2D eigenvalue weighted by molar-refractivity contribution is -0.134. The van der Waals surface area contributed by atoms with Crippen molar-refractivity contribution >= 4 is 23.0 Å². The molecule has 1 unspecified atom stereocenters. The molecule has 1 amide bonds. The standard InChI is InChI=1S/C14H19NO3S/c1-10-4-6-13(19-10)12(17)5-7-14(18)15-8-2-3-11(16)9-15/h4,6,11,16H,2-3,5,7-9H2,1H3. The molecule has 1 saturated heterocycles. The maximum Gasteiger partial charge on any atom is 0.223 e. The molecule has 0 aliphatic carbocycles. The van der Waals surface area contributed by atoms with Gasteiger partial charge >= 0.3 is 0 Å². The molecule has 0 bridgehead atoms. The van der Waals surface area contributed by atoms with Crippen molar-refractivity contribution in [1.82, 2.24) is 4.90 Å². The van der Waals surface area contributed by atoms with Crippen LogP contribution < -0.4 is 0 Å². The normalized spacial score (nSPS) is 19.5. The molecule has 1 aromatic heterocycles. The zero-order valence-corrected chi connectivity index (χ0v) is 11.9. The van der Waals surface area contributed by atoms with Crippen LogP contribution in [0.4, 0.5) is 0 Å². The van der Waals surface area contributed by atoms with Gasteiger partial charge in [0.25, 0.3) is 0 Å². The SMILES string of the molecule is Cc1ccc(C(=O)CCC(=O)N2CCCC(O)C2)s1. The molecule has 2 heterocycles. The van der Waals surface area contributed by atoms with E-state index in [0.717, 1.165) is 22.6 Å². The molecule has 5 heteroatoms. The van der Waals surface area contributed by atoms with E-state index in [4.69, 9.17) is 0 Å². The van der Waals surface area contributed by atoms with Crippen LogP contribution >= 0.6 is 11.3 Å². The highest BCUT2D eigenvalue weighted by molar-refractivity contribution is 7.14. The highest BCUT2D eigenvalue weighted by Gasteiger charge is 2.22. The number of aliphatic hydroxyl groups excluding tert-OH is 1. The highest BCUT2D eigenvalue weighted by Crippen LogP contribution is 2.18. The van der Waals surface area contributed by atoms with Crippen molar-refractivity contribution in [1.29, 1.82) is 0 Å². The van der Waals surface area contributed by atoms with Crippen molar-refractivity contribution in [2.45, 2.75) is 38.7 Å². The number of aryl methyl sites for hydroxylation is 1. The summed E-state index contributed by atoms with van der Waals surface area (Å²) in [5, 5.41) is 9.53. The number of thiophene rings is 1. The Balaban J connectivity index is 1.81. The van der Waals surface area contributed by atoms with Crippen LogP contribution in [0.2, 0.25) is 0 Å². The van der Waals surface area contributed by atoms with Crippen molar-refractivity contribution in [3.8, 4) is 0 Å². The maximum absolute atomic E-state index is 12.0. The monoisotopic (exact) mass is 281 g/mol. The van der Waals surface area contributed by atoms with Crippen molar-refractivity contribution in [3.63, 3.8) is 0 Å². The molecule has 4 nitrogen and oxygen atoms in total. The Kier molecular flexibility index (Phi) is 4.71. The zero-order chi connectivity index (χ0) is 13.8. The molecule has 2 rings (SSSR count). The number of Topliss-reactive ketones (excluding diaryl/α,β-unsaturated/α-hetero) is 1. The van der Waals surface area contributed by atoms with Crippen molar-refractivity contribution in [2.75, 3.05) is 13.1 Å². The third kappa shape index (κ3) is 3.88. The Bertz CT molecular complexity index is 469. The van der Waals surface area contributed by atoms with Gasteiger partial charge in [-0.15, -0.1) is 11.3 Å². The summed E-state index contributed by atoms with van der Waals surface area (Å²) in [4.78, 5) is 27.3. The van der Waals surface area contributed by atoms with Gasteiger partial charge in [-0.25, -0.2) is 0 Å². The average molecular weight is 281 g/mol. The molecule has 1 aromatic rings. The molecule has 1 aliphatic heterocycles. The second-order valence-electron chi connectivity index (χ2n) is 4.97. The summed E-state index contributed by atoms with van der Waals surface area (Å²) in [5.41, 5.74) is 0. The topological polar surface area (TPSA) is 57.6 Å². The first kappa shape index (κ1) is 14.2. The van der Waals surface area contributed by atoms with Gasteiger partial charge in [-0.1, -0.05) is 0 Å². The molecule has 1 fully saturated rings. The lowest BCUT2D eigenvalue weighted by Gasteiger charge is -2.30. The van der Waals surface area contributed by atoms with E-state index in [0.29, 0.717) is 13.1 Å². The minimum atomic E-state index is -0.409. The molecule has 1 aliphatic rings. The van der Waals surface area contributed by atoms with Gasteiger partial charge in [0.1, 0.15) is 0 Å². The van der Waals surface area contributed by atoms with E-state index < -0.39 is 6.10 Å². The van der Waals surface area contributed by atoms with Gasteiger partial charge in [0.2, 0.25) is 5.91 Å². The lowest BCUT2D eigenvalue weighted by Crippen LogP contribution is -2.42. The number of amides is 1. The number of hydrogen-bond donors (Lipinski definition) is 1. The Hall–Kier alpha value is -1.20. The Labute approximate surface area is 117 Å². The number of nitrogens with zero attached hydrogens (tertiary/aromatic N) is 1. The first-order valence-corrected chi connectivity index (χ1v) is 7.43. The molecule has 0 aromatic carbocycles. The number of carbonyl (C=O) groups excluding carboxylic acids is 2. The second kappa shape index (κ2) is 6.30. The van der Waals surface area contributed by atoms with Gasteiger partial charge in [-0.05, 0) is 31.9 Å². The van der Waals surface area contributed by atoms with Crippen molar-refractivity contribution in [3.05, 3.63) is 21.9 Å². The number of likely N-dealkylation sites (tertiary alicyclic amines) is 1. The van der Waals surface area contributed by atoms with Crippen LogP contribution in [-0.2, 0) is 4.79 Å². The maximum atomic E-state index is 12.0. The lowest BCUT2D eigenvalue weighted by atomic mass is 10.1. The first-order valence-electron chi connectivity index (χ1n) is 6.62. The van der Waals surface area contributed by atoms with Gasteiger partial charge < -0.3 is 10.0 Å². The van der Waals surface area contributed by atoms with Crippen LogP contribution in [0, 0.1) is 6.92 Å². The van der Waals surface area contributed by atoms with E-state index in [1.165, 1.54) is 11.3 Å². The summed E-state index contributed by atoms with van der Waals surface area (Å²) in [6.45, 7) is 3.06. The number of piperidine rings is 1. The van der Waals surface area contributed by atoms with Crippen LogP contribution in [0.1, 0.15) is 40.2 Å². The van der Waals surface area contributed by atoms with Crippen LogP contribution in [-0.4, -0.2) is 40.9 Å². The predicted molar refractivity (Wildman–Crippen MR) is 74.4 cm³/mol. The smallest absolute Gasteiger partial charge is 0.223 e. The van der Waals surface area contributed by atoms with Crippen LogP contribution in [0.3, 0.4) is 0 Å². The van der Waals surface area contributed by atoms with Crippen molar-refractivity contribution < 1.29 is 14.7 Å². The Morgan fingerprint density at radius 3 is 2.84 bits per heavy atom. The van der Waals surface area contributed by atoms with Crippen LogP contribution in [0.25, 0.3) is 0 Å². The third-order valence-corrected chi connectivity index (χ3v) is 4.37. The summed E-state index contributed by atoms with van der Waals surface area (Å²) in [5.74, 6) is 0.00406. The second-order valence-corrected chi connectivity index (χ2v) is 6.26. The van der Waals surface area contributed by atoms with Gasteiger partial charge in [-0.2, -0.15) is 0 Å². The summed E-state index contributed by atoms with van der Waals surface area (Å²) in [6, 6.07) is 3.73. The number of aliphatic hydroxyl groups is 1. The van der Waals surface area contributed by atoms with Gasteiger partial charge in [0, 0.05) is 30.8 Å². The van der Waals surface area contributed by atoms with E-state index in [9.17, 15) is 14.7 Å². The van der Waals surface area contributed by atoms with E-state index in [1.807, 2.05) is 19.1 Å². The Morgan fingerprint density at radius 2 is 2.21 bits per heavy atom. The quantitative estimate of drug-likeness (QED) is 0.859. The molecule has 104 valence electrons. The van der Waals surface area contributed by atoms with Gasteiger partial charge in [-0.3, -0.25) is 9.59 Å². The molecule has 1 N–H and O–H groups in total. The zero-order valence-electron chi connectivity index (χ0n) is 11.1. The molecular formula is C14H19NO3S. The summed E-state index contributed by atoms with van der Waals surface area (Å²) >= 11 is 1.47. The number of rotatable bonds is 4. The third-order valence-electron chi connectivity index (χ3n) is 3.33. The molecule has 0 saturated carbocycles. The number of β-amino-alcohol motifs (C(OH)–C–C–N with tert-alkyl or cyclic N) is 1. The minimum absolute atomic E-state index is 0.0274. The van der Waals surface area contributed by atoms with E-state index >= 15 is 0 Å². The average Bonchev–Trinajstić information content (AvgIpc) is 2.82. The van der Waals surface area contributed by atoms with E-state index in [1.54, 1.807) is 4.90 Å². The molecule has 0 radical (unpaired) electrons. The summed E-state index contributed by atoms with van der Waals surface area (Å²) in [6.07, 6.45) is 1.68. The van der Waals surface area contributed by atoms with Crippen LogP contribution in [0.5, 0.6) is 0 Å². The number of hydrogen-bond acceptors (Lipinski definition) is 4. The summed E-state index contributed by atoms with van der Waals surface area (Å²) in [7, 11) is 0. The highest BCUT2D eigenvalue weighted by atomic mass is 32.1. The predicted octanol–water partition coefficient (Wildman–Crippen LogP) is 2.00. The van der Waals surface area contributed by atoms with Gasteiger partial charge in [0.15, 0.2) is 5.78 Å². The Morgan fingerprint density at radius 1 is 1.42 bits per heavy atom. The van der Waals surface area contributed by atoms with E-state index in [2.05, 4.69) is 0 Å². The molecular weight excluding hydrogens is 262 g/mol. The fraction of sp³-hybridized carbons (Fsp3) is 0.571. The van der Waals surface area contributed by atoms with E-state index in [-0.39, 0.29) is 24.5 Å². The number of carbonyl (C=O) groups is 2. The first-order chi connectivity index (χ1) is 9.06. The minimum Gasteiger partial charge on any atom is -0.391 e. The molecule has 19 heavy (non-hydrogen) atoms. The molecule has 0 spiro atoms. The molecule has 1 atom stereocenters. The fourth-order valence-corrected chi connectivity index (χ4v) is 3.10. The summed E-state index contributed by atoms with van der Waals surface area (Å²) < 4.78 is 0. The van der Waals surface area contributed by atoms with Crippen molar-refractivity contribution in [2.24, 2.45) is 0 Å². The van der Waals surface area contributed by atoms with Crippen LogP contribution in [0.15, 0.2) is 12.1 Å². The largest absolute Gasteiger partial charge is 0.391 e. The number of ketones is 1. The van der Waals surface area contributed by atoms with Gasteiger partial charge in [0.05, 0.1) is 11.0 Å². The fourth-order valence-electron chi connectivity index (χ4n) is 2.27.